The average molecular weight is 536 g/mol. The summed E-state index contributed by atoms with van der Waals surface area (Å²) in [5, 5.41) is 2.86. The van der Waals surface area contributed by atoms with Crippen LogP contribution in [0.3, 0.4) is 0 Å². The first kappa shape index (κ1) is 28.2. The quantitative estimate of drug-likeness (QED) is 0.474. The Morgan fingerprint density at radius 1 is 1.05 bits per heavy atom. The van der Waals surface area contributed by atoms with Crippen molar-refractivity contribution in [1.29, 1.82) is 0 Å². The molecule has 1 heterocycles. The molecule has 1 atom stereocenters. The molecule has 1 N–H and O–H groups in total. The molecule has 3 rings (SSSR count). The first-order valence-corrected chi connectivity index (χ1v) is 14.0. The number of amides is 2. The van der Waals surface area contributed by atoms with Gasteiger partial charge < -0.3 is 19.7 Å². The number of nitrogens with one attached hydrogen (secondary N) is 1. The van der Waals surface area contributed by atoms with E-state index in [-0.39, 0.29) is 24.1 Å². The van der Waals surface area contributed by atoms with E-state index in [1.165, 1.54) is 35.2 Å². The van der Waals surface area contributed by atoms with Gasteiger partial charge in [0.2, 0.25) is 21.8 Å². The van der Waals surface area contributed by atoms with Crippen molar-refractivity contribution in [1.82, 2.24) is 10.2 Å². The SMILES string of the molecule is CC[C@H](C(=O)NCC(C)C)N(Cc1ccc(F)cc1)C(=O)CN(c1ccc2c(c1)OCCO2)S(C)(=O)=O. The Labute approximate surface area is 217 Å². The standard InChI is InChI=1S/C26H34FN3O6S/c1-5-22(26(32)28-15-18(2)3)29(16-19-6-8-20(27)9-7-19)25(31)17-30(37(4,33)34)21-10-11-23-24(14-21)36-13-12-35-23/h6-11,14,18,22H,5,12-13,15-17H2,1-4H3,(H,28,32)/t22-/m1/s1. The highest BCUT2D eigenvalue weighted by molar-refractivity contribution is 7.92. The van der Waals surface area contributed by atoms with E-state index in [0.717, 1.165) is 10.6 Å². The van der Waals surface area contributed by atoms with Crippen molar-refractivity contribution in [2.45, 2.75) is 39.8 Å². The summed E-state index contributed by atoms with van der Waals surface area (Å²) in [5.41, 5.74) is 0.842. The number of halogens is 1. The van der Waals surface area contributed by atoms with Crippen molar-refractivity contribution in [2.75, 3.05) is 36.9 Å². The Morgan fingerprint density at radius 3 is 2.30 bits per heavy atom. The molecule has 0 radical (unpaired) electrons. The summed E-state index contributed by atoms with van der Waals surface area (Å²) in [4.78, 5) is 28.1. The third kappa shape index (κ3) is 7.58. The van der Waals surface area contributed by atoms with Gasteiger partial charge >= 0.3 is 0 Å². The predicted molar refractivity (Wildman–Crippen MR) is 138 cm³/mol. The smallest absolute Gasteiger partial charge is 0.244 e. The largest absolute Gasteiger partial charge is 0.486 e. The van der Waals surface area contributed by atoms with Gasteiger partial charge in [0.15, 0.2) is 11.5 Å². The fourth-order valence-corrected chi connectivity index (χ4v) is 4.77. The van der Waals surface area contributed by atoms with Crippen LogP contribution in [0, 0.1) is 11.7 Å². The minimum absolute atomic E-state index is 0.00542. The van der Waals surface area contributed by atoms with Crippen LogP contribution in [-0.2, 0) is 26.2 Å². The highest BCUT2D eigenvalue weighted by Gasteiger charge is 2.32. The van der Waals surface area contributed by atoms with Gasteiger partial charge in [0.1, 0.15) is 31.6 Å². The van der Waals surface area contributed by atoms with Crippen LogP contribution in [0.4, 0.5) is 10.1 Å². The van der Waals surface area contributed by atoms with Crippen LogP contribution in [-0.4, -0.2) is 63.7 Å². The molecule has 202 valence electrons. The van der Waals surface area contributed by atoms with Gasteiger partial charge in [-0.1, -0.05) is 32.9 Å². The van der Waals surface area contributed by atoms with Gasteiger partial charge in [-0.2, -0.15) is 0 Å². The highest BCUT2D eigenvalue weighted by atomic mass is 32.2. The van der Waals surface area contributed by atoms with Crippen LogP contribution in [0.1, 0.15) is 32.8 Å². The molecule has 9 nitrogen and oxygen atoms in total. The van der Waals surface area contributed by atoms with Crippen LogP contribution in [0.25, 0.3) is 0 Å². The molecular weight excluding hydrogens is 501 g/mol. The topological polar surface area (TPSA) is 105 Å². The zero-order valence-electron chi connectivity index (χ0n) is 21.6. The Kier molecular flexibility index (Phi) is 9.36. The summed E-state index contributed by atoms with van der Waals surface area (Å²) >= 11 is 0. The lowest BCUT2D eigenvalue weighted by Gasteiger charge is -2.33. The van der Waals surface area contributed by atoms with Crippen LogP contribution in [0.5, 0.6) is 11.5 Å². The first-order valence-electron chi connectivity index (χ1n) is 12.2. The van der Waals surface area contributed by atoms with Gasteiger partial charge in [-0.25, -0.2) is 12.8 Å². The molecule has 2 aromatic rings. The van der Waals surface area contributed by atoms with Crippen molar-refractivity contribution in [3.8, 4) is 11.5 Å². The van der Waals surface area contributed by atoms with Crippen molar-refractivity contribution in [3.05, 3.63) is 53.8 Å². The molecule has 0 aromatic heterocycles. The van der Waals surface area contributed by atoms with Gasteiger partial charge in [-0.15, -0.1) is 0 Å². The second kappa shape index (κ2) is 12.3. The number of sulfonamides is 1. The number of fused-ring (bicyclic) bond motifs is 1. The number of hydrogen-bond acceptors (Lipinski definition) is 6. The molecule has 0 bridgehead atoms. The summed E-state index contributed by atoms with van der Waals surface area (Å²) < 4.78 is 51.1. The third-order valence-electron chi connectivity index (χ3n) is 5.83. The van der Waals surface area contributed by atoms with Crippen molar-refractivity contribution in [3.63, 3.8) is 0 Å². The van der Waals surface area contributed by atoms with Crippen molar-refractivity contribution in [2.24, 2.45) is 5.92 Å². The first-order chi connectivity index (χ1) is 17.5. The molecular formula is C26H34FN3O6S. The molecule has 0 unspecified atom stereocenters. The number of carbonyl (C=O) groups excluding carboxylic acids is 2. The third-order valence-corrected chi connectivity index (χ3v) is 6.97. The van der Waals surface area contributed by atoms with Crippen LogP contribution in [0.15, 0.2) is 42.5 Å². The lowest BCUT2D eigenvalue weighted by atomic mass is 10.1. The Balaban J connectivity index is 1.93. The van der Waals surface area contributed by atoms with Crippen LogP contribution in [0.2, 0.25) is 0 Å². The molecule has 1 aliphatic rings. The van der Waals surface area contributed by atoms with E-state index in [4.69, 9.17) is 9.47 Å². The fourth-order valence-electron chi connectivity index (χ4n) is 3.93. The van der Waals surface area contributed by atoms with E-state index >= 15 is 0 Å². The molecule has 1 aliphatic heterocycles. The number of anilines is 1. The van der Waals surface area contributed by atoms with Gasteiger partial charge in [-0.05, 0) is 42.2 Å². The molecule has 0 saturated carbocycles. The summed E-state index contributed by atoms with van der Waals surface area (Å²) in [7, 11) is -3.89. The second-order valence-corrected chi connectivity index (χ2v) is 11.2. The van der Waals surface area contributed by atoms with E-state index < -0.39 is 34.3 Å². The number of carbonyl (C=O) groups is 2. The van der Waals surface area contributed by atoms with E-state index in [0.29, 0.717) is 43.2 Å². The number of benzene rings is 2. The Bertz CT molecular complexity index is 1200. The summed E-state index contributed by atoms with van der Waals surface area (Å²) in [6.45, 7) is 6.30. The molecule has 2 aromatic carbocycles. The molecule has 0 fully saturated rings. The molecule has 0 aliphatic carbocycles. The zero-order chi connectivity index (χ0) is 27.2. The average Bonchev–Trinajstić information content (AvgIpc) is 2.86. The Hall–Kier alpha value is -3.34. The van der Waals surface area contributed by atoms with Gasteiger partial charge in [0.25, 0.3) is 0 Å². The predicted octanol–water partition coefficient (Wildman–Crippen LogP) is 2.94. The maximum absolute atomic E-state index is 13.7. The summed E-state index contributed by atoms with van der Waals surface area (Å²) in [6, 6.07) is 9.41. The molecule has 0 spiro atoms. The van der Waals surface area contributed by atoms with Gasteiger partial charge in [-0.3, -0.25) is 13.9 Å². The molecule has 37 heavy (non-hydrogen) atoms. The lowest BCUT2D eigenvalue weighted by molar-refractivity contribution is -0.140. The minimum Gasteiger partial charge on any atom is -0.486 e. The monoisotopic (exact) mass is 535 g/mol. The van der Waals surface area contributed by atoms with Crippen LogP contribution >= 0.6 is 0 Å². The number of ether oxygens (including phenoxy) is 2. The maximum Gasteiger partial charge on any atom is 0.244 e. The Morgan fingerprint density at radius 2 is 1.70 bits per heavy atom. The van der Waals surface area contributed by atoms with Gasteiger partial charge in [0, 0.05) is 19.2 Å². The summed E-state index contributed by atoms with van der Waals surface area (Å²) in [5.74, 6) is -0.259. The van der Waals surface area contributed by atoms with E-state index in [1.54, 1.807) is 19.1 Å². The zero-order valence-corrected chi connectivity index (χ0v) is 22.4. The minimum atomic E-state index is -3.89. The van der Waals surface area contributed by atoms with E-state index in [2.05, 4.69) is 5.32 Å². The van der Waals surface area contributed by atoms with Crippen molar-refractivity contribution >= 4 is 27.5 Å². The fraction of sp³-hybridized carbons (Fsp3) is 0.462. The van der Waals surface area contributed by atoms with E-state index in [1.807, 2.05) is 13.8 Å². The number of rotatable bonds is 11. The number of nitrogens with zero attached hydrogens (tertiary/aromatic N) is 2. The van der Waals surface area contributed by atoms with Gasteiger partial charge in [0.05, 0.1) is 11.9 Å². The van der Waals surface area contributed by atoms with Crippen molar-refractivity contribution < 1.29 is 31.9 Å². The lowest BCUT2D eigenvalue weighted by Crippen LogP contribution is -2.52. The molecule has 11 heteroatoms. The normalized spacial score (nSPS) is 13.7. The molecule has 2 amide bonds. The maximum atomic E-state index is 13.7. The highest BCUT2D eigenvalue weighted by Crippen LogP contribution is 2.34. The second-order valence-electron chi connectivity index (χ2n) is 9.31. The van der Waals surface area contributed by atoms with Crippen LogP contribution < -0.4 is 19.1 Å². The number of hydrogen-bond donors (Lipinski definition) is 1. The van der Waals surface area contributed by atoms with E-state index in [9.17, 15) is 22.4 Å². The summed E-state index contributed by atoms with van der Waals surface area (Å²) in [6.07, 6.45) is 1.31. The molecule has 0 saturated heterocycles.